The van der Waals surface area contributed by atoms with Crippen LogP contribution >= 0.6 is 0 Å². The summed E-state index contributed by atoms with van der Waals surface area (Å²) < 4.78 is 0. The topological polar surface area (TPSA) is 53.0 Å². The van der Waals surface area contributed by atoms with Crippen LogP contribution in [0.1, 0.15) is 361 Å². The number of carbonyl (C=O) groups excluding carboxylic acids is 2. The molecule has 408 valence electrons. The van der Waals surface area contributed by atoms with Crippen LogP contribution in [-0.2, 0) is 9.59 Å². The van der Waals surface area contributed by atoms with Crippen LogP contribution < -0.4 is 0 Å². The molecule has 1 aliphatic heterocycles. The van der Waals surface area contributed by atoms with Gasteiger partial charge >= 0.3 is 0 Å². The first kappa shape index (κ1) is 65.6. The highest BCUT2D eigenvalue weighted by Crippen LogP contribution is 2.19. The number of aliphatic imine (C=N–C) groups is 1. The Morgan fingerprint density at radius 2 is 0.667 bits per heavy atom. The van der Waals surface area contributed by atoms with Crippen molar-refractivity contribution in [2.75, 3.05) is 32.7 Å². The average Bonchev–Trinajstić information content (AvgIpc) is 3.81. The van der Waals surface area contributed by atoms with E-state index in [9.17, 15) is 9.59 Å². The molecular formula is C64H125N3O2. The Bertz CT molecular complexity index is 1090. The van der Waals surface area contributed by atoms with E-state index in [1.54, 1.807) is 0 Å². The summed E-state index contributed by atoms with van der Waals surface area (Å²) >= 11 is 0. The summed E-state index contributed by atoms with van der Waals surface area (Å²) in [7, 11) is 0. The molecule has 0 aromatic carbocycles. The van der Waals surface area contributed by atoms with Gasteiger partial charge in [-0.25, -0.2) is 0 Å². The van der Waals surface area contributed by atoms with E-state index < -0.39 is 0 Å². The molecule has 0 aromatic heterocycles. The normalized spacial score (nSPS) is 12.7. The van der Waals surface area contributed by atoms with E-state index in [1.165, 1.54) is 288 Å². The highest BCUT2D eigenvalue weighted by atomic mass is 16.2. The monoisotopic (exact) mass is 968 g/mol. The molecule has 0 atom stereocenters. The number of Topliss-reactive ketones (excluding diaryl/α,β-unsaturated/α-hetero) is 1. The molecule has 69 heavy (non-hydrogen) atoms. The van der Waals surface area contributed by atoms with Gasteiger partial charge in [0, 0.05) is 51.9 Å². The van der Waals surface area contributed by atoms with Gasteiger partial charge in [-0.3, -0.25) is 14.6 Å². The molecule has 0 N–H and O–H groups in total. The van der Waals surface area contributed by atoms with E-state index in [4.69, 9.17) is 4.99 Å². The van der Waals surface area contributed by atoms with Crippen molar-refractivity contribution in [2.45, 2.75) is 361 Å². The minimum absolute atomic E-state index is 0.331. The summed E-state index contributed by atoms with van der Waals surface area (Å²) in [5.41, 5.74) is 0. The molecule has 0 radical (unpaired) electrons. The first-order valence-corrected chi connectivity index (χ1v) is 32.2. The Balaban J connectivity index is 2.28. The number of carbonyl (C=O) groups is 2. The zero-order valence-electron chi connectivity index (χ0n) is 47.7. The second kappa shape index (κ2) is 54.4. The fourth-order valence-electron chi connectivity index (χ4n) is 10.9. The van der Waals surface area contributed by atoms with Gasteiger partial charge in [0.25, 0.3) is 0 Å². The lowest BCUT2D eigenvalue weighted by Crippen LogP contribution is -2.33. The smallest absolute Gasteiger partial charge is 0.222 e. The summed E-state index contributed by atoms with van der Waals surface area (Å²) in [5.74, 6) is 2.10. The molecule has 0 saturated heterocycles. The lowest BCUT2D eigenvalue weighted by Gasteiger charge is -2.24. The Morgan fingerprint density at radius 1 is 0.362 bits per heavy atom. The van der Waals surface area contributed by atoms with Crippen molar-refractivity contribution in [2.24, 2.45) is 4.99 Å². The average molecular weight is 969 g/mol. The van der Waals surface area contributed by atoms with Gasteiger partial charge in [-0.2, -0.15) is 0 Å². The molecule has 0 fully saturated rings. The van der Waals surface area contributed by atoms with Crippen LogP contribution in [0.3, 0.4) is 0 Å². The van der Waals surface area contributed by atoms with Crippen molar-refractivity contribution >= 4 is 17.5 Å². The number of rotatable bonds is 58. The van der Waals surface area contributed by atoms with Crippen molar-refractivity contribution in [1.29, 1.82) is 0 Å². The van der Waals surface area contributed by atoms with Gasteiger partial charge in [0.1, 0.15) is 5.78 Å². The van der Waals surface area contributed by atoms with Crippen molar-refractivity contribution in [1.82, 2.24) is 9.80 Å². The number of hydrogen-bond donors (Lipinski definition) is 0. The minimum atomic E-state index is 0.331. The summed E-state index contributed by atoms with van der Waals surface area (Å²) in [6.07, 6.45) is 69.1. The first-order chi connectivity index (χ1) is 34.1. The lowest BCUT2D eigenvalue weighted by atomic mass is 10.0. The van der Waals surface area contributed by atoms with E-state index >= 15 is 0 Å². The van der Waals surface area contributed by atoms with Gasteiger partial charge in [-0.05, 0) is 44.9 Å². The van der Waals surface area contributed by atoms with Crippen LogP contribution in [0, 0.1) is 0 Å². The summed E-state index contributed by atoms with van der Waals surface area (Å²) in [6, 6.07) is 0. The van der Waals surface area contributed by atoms with Crippen LogP contribution in [0.5, 0.6) is 0 Å². The molecule has 0 saturated carbocycles. The fraction of sp³-hybridized carbons (Fsp3) is 0.953. The molecule has 5 nitrogen and oxygen atoms in total. The van der Waals surface area contributed by atoms with E-state index in [-0.39, 0.29) is 0 Å². The van der Waals surface area contributed by atoms with Gasteiger partial charge in [-0.1, -0.05) is 290 Å². The van der Waals surface area contributed by atoms with Crippen LogP contribution in [0.15, 0.2) is 4.99 Å². The largest absolute Gasteiger partial charge is 0.359 e. The van der Waals surface area contributed by atoms with Crippen molar-refractivity contribution in [3.05, 3.63) is 0 Å². The zero-order valence-corrected chi connectivity index (χ0v) is 47.7. The molecule has 1 amide bonds. The van der Waals surface area contributed by atoms with Crippen molar-refractivity contribution < 1.29 is 9.59 Å². The van der Waals surface area contributed by atoms with E-state index in [0.717, 1.165) is 77.7 Å². The number of ketones is 1. The third-order valence-electron chi connectivity index (χ3n) is 15.7. The molecule has 0 bridgehead atoms. The van der Waals surface area contributed by atoms with Crippen LogP contribution in [0.4, 0.5) is 0 Å². The summed E-state index contributed by atoms with van der Waals surface area (Å²) in [4.78, 5) is 36.1. The molecule has 1 heterocycles. The standard InChI is InChI=1S/C64H125N3O2/c1-4-7-10-13-16-19-22-25-28-31-34-37-40-43-47-53-62(68)54-52-60-67(64(69)56-49-45-42-39-36-33-30-27-24-21-18-15-12-9-6-3)59-51-46-50-58-66-61-57-65-63(66)55-48-44-41-38-35-32-29-26-23-20-17-14-11-8-5-2/h4-61H2,1-3H3. The summed E-state index contributed by atoms with van der Waals surface area (Å²) in [6.45, 7) is 11.7. The lowest BCUT2D eigenvalue weighted by molar-refractivity contribution is -0.132. The second-order valence-electron chi connectivity index (χ2n) is 22.5. The van der Waals surface area contributed by atoms with Crippen molar-refractivity contribution in [3.8, 4) is 0 Å². The number of amidine groups is 1. The predicted molar refractivity (Wildman–Crippen MR) is 307 cm³/mol. The highest BCUT2D eigenvalue weighted by Gasteiger charge is 2.17. The number of unbranched alkanes of at least 4 members (excludes halogenated alkanes) is 44. The van der Waals surface area contributed by atoms with Gasteiger partial charge in [0.2, 0.25) is 5.91 Å². The maximum absolute atomic E-state index is 13.6. The molecule has 1 aliphatic rings. The minimum Gasteiger partial charge on any atom is -0.359 e. The highest BCUT2D eigenvalue weighted by molar-refractivity contribution is 5.83. The van der Waals surface area contributed by atoms with Gasteiger partial charge in [0.15, 0.2) is 0 Å². The third-order valence-corrected chi connectivity index (χ3v) is 15.7. The van der Waals surface area contributed by atoms with Gasteiger partial charge in [0.05, 0.1) is 12.4 Å². The number of nitrogens with zero attached hydrogens (tertiary/aromatic N) is 3. The maximum atomic E-state index is 13.6. The number of hydrogen-bond acceptors (Lipinski definition) is 4. The third kappa shape index (κ3) is 46.2. The quantitative estimate of drug-likeness (QED) is 0.0571. The second-order valence-corrected chi connectivity index (χ2v) is 22.5. The molecule has 5 heteroatoms. The Kier molecular flexibility index (Phi) is 51.7. The van der Waals surface area contributed by atoms with Gasteiger partial charge < -0.3 is 9.80 Å². The molecule has 0 unspecified atom stereocenters. The zero-order chi connectivity index (χ0) is 49.6. The van der Waals surface area contributed by atoms with Crippen LogP contribution in [0.2, 0.25) is 0 Å². The van der Waals surface area contributed by atoms with Crippen LogP contribution in [-0.4, -0.2) is 60.0 Å². The molecular weight excluding hydrogens is 843 g/mol. The summed E-state index contributed by atoms with van der Waals surface area (Å²) in [5, 5.41) is 0. The Hall–Kier alpha value is -1.39. The van der Waals surface area contributed by atoms with Gasteiger partial charge in [-0.15, -0.1) is 0 Å². The Morgan fingerprint density at radius 3 is 1.06 bits per heavy atom. The molecule has 0 spiro atoms. The van der Waals surface area contributed by atoms with E-state index in [0.29, 0.717) is 24.5 Å². The Labute approximate surface area is 433 Å². The van der Waals surface area contributed by atoms with E-state index in [2.05, 4.69) is 30.6 Å². The molecule has 1 rings (SSSR count). The molecule has 0 aliphatic carbocycles. The number of amides is 1. The predicted octanol–water partition coefficient (Wildman–Crippen LogP) is 20.8. The van der Waals surface area contributed by atoms with Crippen LogP contribution in [0.25, 0.3) is 0 Å². The van der Waals surface area contributed by atoms with E-state index in [1.807, 2.05) is 0 Å². The first-order valence-electron chi connectivity index (χ1n) is 32.2. The SMILES string of the molecule is CCCCCCCCCCCCCCCCCC(=O)CCCN(CCCCCN1CCN=C1CCCCCCCCCCCCCCCCC)C(=O)CCCCCCCCCCCCCCCCC. The maximum Gasteiger partial charge on any atom is 0.222 e. The van der Waals surface area contributed by atoms with Crippen molar-refractivity contribution in [3.63, 3.8) is 0 Å². The molecule has 0 aromatic rings. The fourth-order valence-corrected chi connectivity index (χ4v) is 10.9.